The van der Waals surface area contributed by atoms with Crippen LogP contribution in [0, 0.1) is 23.2 Å². The molecule has 0 unspecified atom stereocenters. The number of likely N-dealkylation sites (tertiary alicyclic amines) is 1. The molecule has 46 heavy (non-hydrogen) atoms. The maximum atomic E-state index is 14.9. The zero-order valence-electron chi connectivity index (χ0n) is 28.2. The Balaban J connectivity index is 2.17. The van der Waals surface area contributed by atoms with Gasteiger partial charge in [-0.3, -0.25) is 9.59 Å². The first kappa shape index (κ1) is 35.3. The topological polar surface area (TPSA) is 72.9 Å². The molecule has 8 heteroatoms. The molecule has 0 aliphatic carbocycles. The SMILES string of the molecule is C=CCOC(=O)C(N1C(=O)[C@@H]([C@@H](CO[SiH](C)C)C(C)(C)C)[C@H]1[C@@H](C)C(C)=O)=P(c1ccccc1)(c1ccccc1)c1ccccc1. The quantitative estimate of drug-likeness (QED) is 0.0793. The molecule has 1 aliphatic rings. The minimum Gasteiger partial charge on any atom is -0.457 e. The van der Waals surface area contributed by atoms with E-state index in [1.165, 1.54) is 6.08 Å². The first-order valence-electron chi connectivity index (χ1n) is 16.0. The van der Waals surface area contributed by atoms with Crippen molar-refractivity contribution in [1.82, 2.24) is 4.90 Å². The Kier molecular flexibility index (Phi) is 11.5. The molecule has 244 valence electrons. The van der Waals surface area contributed by atoms with Gasteiger partial charge in [0.1, 0.15) is 17.8 Å². The van der Waals surface area contributed by atoms with Crippen molar-refractivity contribution in [1.29, 1.82) is 0 Å². The fourth-order valence-corrected chi connectivity index (χ4v) is 11.5. The molecule has 0 aromatic heterocycles. The number of carbonyl (C=O) groups is 3. The van der Waals surface area contributed by atoms with Crippen LogP contribution in [0.4, 0.5) is 0 Å². The Hall–Kier alpha value is -3.51. The van der Waals surface area contributed by atoms with Crippen LogP contribution in [0.15, 0.2) is 104 Å². The van der Waals surface area contributed by atoms with Crippen LogP contribution in [-0.2, 0) is 23.5 Å². The van der Waals surface area contributed by atoms with Crippen LogP contribution in [0.1, 0.15) is 34.6 Å². The lowest BCUT2D eigenvalue weighted by Crippen LogP contribution is -2.71. The summed E-state index contributed by atoms with van der Waals surface area (Å²) >= 11 is 0. The van der Waals surface area contributed by atoms with Gasteiger partial charge in [-0.2, -0.15) is 0 Å². The molecule has 1 fully saturated rings. The first-order chi connectivity index (χ1) is 21.9. The molecule has 1 heterocycles. The minimum atomic E-state index is -3.08. The van der Waals surface area contributed by atoms with Crippen molar-refractivity contribution in [2.24, 2.45) is 23.2 Å². The van der Waals surface area contributed by atoms with E-state index in [0.717, 1.165) is 15.9 Å². The van der Waals surface area contributed by atoms with Crippen molar-refractivity contribution in [2.75, 3.05) is 13.2 Å². The van der Waals surface area contributed by atoms with Crippen LogP contribution in [0.3, 0.4) is 0 Å². The molecule has 1 saturated heterocycles. The number of amides is 1. The maximum Gasteiger partial charge on any atom is 0.356 e. The summed E-state index contributed by atoms with van der Waals surface area (Å²) < 4.78 is 12.2. The number of rotatable bonds is 13. The third kappa shape index (κ3) is 6.92. The predicted molar refractivity (Wildman–Crippen MR) is 193 cm³/mol. The van der Waals surface area contributed by atoms with Crippen molar-refractivity contribution >= 4 is 54.9 Å². The van der Waals surface area contributed by atoms with Gasteiger partial charge in [0.15, 0.2) is 9.04 Å². The van der Waals surface area contributed by atoms with E-state index in [4.69, 9.17) is 9.16 Å². The lowest BCUT2D eigenvalue weighted by molar-refractivity contribution is -0.163. The van der Waals surface area contributed by atoms with E-state index in [-0.39, 0.29) is 35.0 Å². The Morgan fingerprint density at radius 2 is 1.37 bits per heavy atom. The zero-order valence-corrected chi connectivity index (χ0v) is 30.2. The molecule has 0 bridgehead atoms. The number of carbonyl (C=O) groups excluding carboxylic acids is 3. The molecule has 1 amide bonds. The predicted octanol–water partition coefficient (Wildman–Crippen LogP) is 5.55. The third-order valence-electron chi connectivity index (χ3n) is 8.99. The lowest BCUT2D eigenvalue weighted by Gasteiger charge is -2.56. The lowest BCUT2D eigenvalue weighted by atomic mass is 9.63. The van der Waals surface area contributed by atoms with Gasteiger partial charge in [0.2, 0.25) is 5.91 Å². The van der Waals surface area contributed by atoms with E-state index < -0.39 is 39.8 Å². The molecule has 0 radical (unpaired) electrons. The molecule has 0 N–H and O–H groups in total. The van der Waals surface area contributed by atoms with Crippen LogP contribution in [0.25, 0.3) is 0 Å². The average Bonchev–Trinajstić information content (AvgIpc) is 3.04. The second-order valence-electron chi connectivity index (χ2n) is 13.4. The molecule has 4 atom stereocenters. The van der Waals surface area contributed by atoms with Crippen molar-refractivity contribution in [2.45, 2.75) is 53.8 Å². The van der Waals surface area contributed by atoms with Crippen molar-refractivity contribution in [3.05, 3.63) is 104 Å². The van der Waals surface area contributed by atoms with Crippen LogP contribution in [0.2, 0.25) is 13.1 Å². The Labute approximate surface area is 276 Å². The largest absolute Gasteiger partial charge is 0.457 e. The van der Waals surface area contributed by atoms with Crippen LogP contribution in [0.5, 0.6) is 0 Å². The summed E-state index contributed by atoms with van der Waals surface area (Å²) in [6, 6.07) is 29.2. The summed E-state index contributed by atoms with van der Waals surface area (Å²) in [6.45, 7) is 15.1. The van der Waals surface area contributed by atoms with E-state index in [1.807, 2.05) is 97.9 Å². The zero-order chi connectivity index (χ0) is 33.6. The monoisotopic (exact) mass is 657 g/mol. The number of nitrogens with zero attached hydrogens (tertiary/aromatic N) is 1. The number of hydrogen-bond donors (Lipinski definition) is 0. The average molecular weight is 658 g/mol. The molecule has 0 spiro atoms. The van der Waals surface area contributed by atoms with Gasteiger partial charge in [0.25, 0.3) is 0 Å². The van der Waals surface area contributed by atoms with Gasteiger partial charge in [-0.25, -0.2) is 4.79 Å². The van der Waals surface area contributed by atoms with Gasteiger partial charge in [0.05, 0.1) is 12.0 Å². The maximum absolute atomic E-state index is 14.9. The fourth-order valence-electron chi connectivity index (χ4n) is 6.52. The molecular weight excluding hydrogens is 609 g/mol. The van der Waals surface area contributed by atoms with Crippen LogP contribution in [-0.4, -0.2) is 56.3 Å². The highest BCUT2D eigenvalue weighted by molar-refractivity contribution is 7.96. The van der Waals surface area contributed by atoms with E-state index in [9.17, 15) is 14.4 Å². The number of ketones is 1. The first-order valence-corrected chi connectivity index (χ1v) is 20.6. The van der Waals surface area contributed by atoms with Crippen molar-refractivity contribution < 1.29 is 23.5 Å². The number of esters is 1. The van der Waals surface area contributed by atoms with Gasteiger partial charge in [0, 0.05) is 19.4 Å². The van der Waals surface area contributed by atoms with Crippen LogP contribution >= 0.6 is 6.89 Å². The summed E-state index contributed by atoms with van der Waals surface area (Å²) in [7, 11) is -1.40. The molecule has 3 aromatic carbocycles. The Bertz CT molecular complexity index is 1480. The van der Waals surface area contributed by atoms with E-state index >= 15 is 0 Å². The Morgan fingerprint density at radius 1 is 0.913 bits per heavy atom. The number of ether oxygens (including phenoxy) is 1. The molecular formula is C38H48NO5PSi. The molecule has 0 saturated carbocycles. The summed E-state index contributed by atoms with van der Waals surface area (Å²) in [4.78, 5) is 44.5. The molecule has 3 aromatic rings. The highest BCUT2D eigenvalue weighted by Crippen LogP contribution is 2.52. The van der Waals surface area contributed by atoms with Crippen molar-refractivity contribution in [3.8, 4) is 0 Å². The van der Waals surface area contributed by atoms with Gasteiger partial charge in [-0.15, -0.1) is 0 Å². The van der Waals surface area contributed by atoms with Crippen LogP contribution < -0.4 is 15.9 Å². The smallest absolute Gasteiger partial charge is 0.356 e. The van der Waals surface area contributed by atoms with Gasteiger partial charge >= 0.3 is 5.97 Å². The van der Waals surface area contributed by atoms with Crippen molar-refractivity contribution in [3.63, 3.8) is 0 Å². The number of benzene rings is 3. The second-order valence-corrected chi connectivity index (χ2v) is 19.1. The van der Waals surface area contributed by atoms with Gasteiger partial charge in [-0.1, -0.05) is 131 Å². The minimum absolute atomic E-state index is 0.0173. The molecule has 6 nitrogen and oxygen atoms in total. The second kappa shape index (κ2) is 14.9. The van der Waals surface area contributed by atoms with E-state index in [1.54, 1.807) is 11.8 Å². The number of hydrogen-bond acceptors (Lipinski definition) is 5. The fraction of sp³-hybridized carbons (Fsp3) is 0.368. The highest BCUT2D eigenvalue weighted by Gasteiger charge is 2.60. The summed E-state index contributed by atoms with van der Waals surface area (Å²) in [5, 5.41) is 2.72. The summed E-state index contributed by atoms with van der Waals surface area (Å²) in [5.41, 5.74) is -0.0116. The molecule has 4 rings (SSSR count). The summed E-state index contributed by atoms with van der Waals surface area (Å²) in [5.74, 6) is -2.02. The third-order valence-corrected chi connectivity index (χ3v) is 14.1. The Morgan fingerprint density at radius 3 is 1.74 bits per heavy atom. The van der Waals surface area contributed by atoms with E-state index in [2.05, 4.69) is 40.4 Å². The standard InChI is InChI=1S/C38H48NO5PSi/c1-9-25-43-37(42)36(39-34(27(2)28(3)40)33(35(39)41)32(38(4,5)6)26-44-46(7)8)45(29-19-13-10-14-20-29,30-21-15-11-16-22-30)31-23-17-12-18-24-31/h9-24,27,32-34,46H,1,25-26H2,2-8H3/t27-,32+,33-,34+/m0/s1. The summed E-state index contributed by atoms with van der Waals surface area (Å²) in [6.07, 6.45) is 1.53. The molecule has 1 aliphatic heterocycles. The number of β-lactam (4-membered cyclic amide) rings is 1. The van der Waals surface area contributed by atoms with E-state index in [0.29, 0.717) is 6.61 Å². The highest BCUT2D eigenvalue weighted by atomic mass is 31.2. The van der Waals surface area contributed by atoms with Gasteiger partial charge in [-0.05, 0) is 47.3 Å². The normalized spacial score (nSPS) is 18.0. The number of Topliss-reactive ketones (excluding diaryl/α,β-unsaturated/α-hetero) is 1. The van der Waals surface area contributed by atoms with Gasteiger partial charge < -0.3 is 14.1 Å².